The number of amides is 6. The van der Waals surface area contributed by atoms with Gasteiger partial charge in [-0.2, -0.15) is 42.5 Å². The molecular formula is C60H73N19O12S. The Morgan fingerprint density at radius 1 is 0.543 bits per heavy atom. The highest BCUT2D eigenvalue weighted by molar-refractivity contribution is 7.80. The van der Waals surface area contributed by atoms with E-state index in [1.807, 2.05) is 72.8 Å². The van der Waals surface area contributed by atoms with Gasteiger partial charge >= 0.3 is 5.97 Å². The van der Waals surface area contributed by atoms with Crippen LogP contribution in [0.1, 0.15) is 102 Å². The second-order valence-electron chi connectivity index (χ2n) is 18.9. The van der Waals surface area contributed by atoms with E-state index in [2.05, 4.69) is 82.6 Å². The van der Waals surface area contributed by atoms with Crippen molar-refractivity contribution in [1.82, 2.24) is 75.1 Å². The number of nitrogens with one attached hydrogen (secondary N) is 4. The summed E-state index contributed by atoms with van der Waals surface area (Å²) in [4.78, 5) is 136. The van der Waals surface area contributed by atoms with E-state index >= 15 is 0 Å². The topological polar surface area (TPSA) is 459 Å². The zero-order chi connectivity index (χ0) is 64.0. The second kappa shape index (κ2) is 35.6. The summed E-state index contributed by atoms with van der Waals surface area (Å²) < 4.78 is 17.1. The molecule has 0 atom stereocenters. The molecule has 0 unspecified atom stereocenters. The second-order valence-corrected chi connectivity index (χ2v) is 19.4. The SMILES string of the molecule is C.C.C.CC(=O)N1C(=O)C=CC1=O.CC(=O)NCc1ccc(COc2nc(N)nc3nc[nH]c23)cc1.CC(=O)ON1C(=O)CCC1=O.NCc1ccc(COc2nc(N)nc3nc[nH]c23)cc1.Nc1nc(OCc2ccc(CCC(=O)CCS)cc2)c2[nH]cnc2n1. The first-order valence-electron chi connectivity index (χ1n) is 27.0. The Morgan fingerprint density at radius 2 is 0.913 bits per heavy atom. The maximum absolute atomic E-state index is 11.6. The van der Waals surface area contributed by atoms with Gasteiger partial charge < -0.3 is 62.3 Å². The number of aryl methyl sites for hydroxylation is 1. The summed E-state index contributed by atoms with van der Waals surface area (Å²) in [5.74, 6) is -0.916. The minimum atomic E-state index is -0.659. The van der Waals surface area contributed by atoms with Crippen LogP contribution in [0.25, 0.3) is 33.5 Å². The van der Waals surface area contributed by atoms with Gasteiger partial charge in [-0.25, -0.2) is 24.6 Å². The summed E-state index contributed by atoms with van der Waals surface area (Å²) >= 11 is 4.07. The standard InChI is InChI=1S/C17H19N5O2S.C15H16N6O2.C13H14N6O.C6H7NO4.C6H5NO3.3CH4/c18-17-21-15-14(19-10-20-15)16(22-17)24-9-12-3-1-11(2-4-12)5-6-13(23)7-8-25;1-9(22)17-6-10-2-4-11(5-3-10)7-23-14-12-13(19-8-18-12)20-15(16)21-14;14-5-8-1-3-9(4-2-8)6-20-12-10-11(17-7-16-10)18-13(15)19-12;1-4(8)11-7-5(9)2-3-6(7)10;1-4(8)7-5(9)2-3-6(7)10;;;/h1-4,10,25H,5-9H2,(H3,18,19,20,21,22);2-5,8H,6-7H2,1H3,(H,17,22)(H3,16,18,19,20,21);1-4,7H,5-6,14H2,(H3,15,16,17,18,19);2-3H2,1H3;2-3H,1H3;3*1H4. The molecule has 0 saturated carbocycles. The highest BCUT2D eigenvalue weighted by atomic mass is 32.1. The van der Waals surface area contributed by atoms with Crippen LogP contribution in [0.2, 0.25) is 0 Å². The van der Waals surface area contributed by atoms with Crippen molar-refractivity contribution in [3.63, 3.8) is 0 Å². The largest absolute Gasteiger partial charge is 0.471 e. The predicted molar refractivity (Wildman–Crippen MR) is 343 cm³/mol. The number of rotatable bonds is 18. The normalized spacial score (nSPS) is 11.9. The van der Waals surface area contributed by atoms with E-state index in [-0.39, 0.29) is 64.7 Å². The average molecular weight is 1280 g/mol. The number of nitrogen functional groups attached to an aromatic ring is 3. The van der Waals surface area contributed by atoms with Crippen LogP contribution < -0.4 is 42.5 Å². The number of imide groups is 4. The molecule has 92 heavy (non-hydrogen) atoms. The Balaban J connectivity index is 0.000000252. The van der Waals surface area contributed by atoms with E-state index in [9.17, 15) is 38.4 Å². The minimum absolute atomic E-state index is 0. The van der Waals surface area contributed by atoms with Gasteiger partial charge in [0.05, 0.1) is 19.0 Å². The van der Waals surface area contributed by atoms with Crippen LogP contribution in [0.4, 0.5) is 17.8 Å². The number of nitrogens with zero attached hydrogens (tertiary/aromatic N) is 11. The van der Waals surface area contributed by atoms with Gasteiger partial charge in [0.2, 0.25) is 47.3 Å². The minimum Gasteiger partial charge on any atom is -0.471 e. The van der Waals surface area contributed by atoms with Crippen LogP contribution in [0.3, 0.4) is 0 Å². The molecule has 9 aromatic rings. The number of H-pyrrole nitrogens is 3. The van der Waals surface area contributed by atoms with Gasteiger partial charge in [0.25, 0.3) is 23.6 Å². The van der Waals surface area contributed by atoms with Gasteiger partial charge in [-0.05, 0) is 45.6 Å². The van der Waals surface area contributed by atoms with Gasteiger partial charge in [-0.3, -0.25) is 33.6 Å². The smallest absolute Gasteiger partial charge is 0.330 e. The molecule has 1 saturated heterocycles. The maximum Gasteiger partial charge on any atom is 0.330 e. The summed E-state index contributed by atoms with van der Waals surface area (Å²) in [5, 5.41) is 3.27. The third kappa shape index (κ3) is 21.5. The van der Waals surface area contributed by atoms with Crippen LogP contribution >= 0.6 is 12.6 Å². The number of fused-ring (bicyclic) bond motifs is 3. The Morgan fingerprint density at radius 3 is 1.25 bits per heavy atom. The lowest BCUT2D eigenvalue weighted by atomic mass is 10.0. The van der Waals surface area contributed by atoms with E-state index in [1.165, 1.54) is 32.8 Å². The molecule has 0 aliphatic carbocycles. The van der Waals surface area contributed by atoms with Crippen molar-refractivity contribution >= 4 is 111 Å². The van der Waals surface area contributed by atoms with Gasteiger partial charge in [0.15, 0.2) is 16.9 Å². The molecule has 32 heteroatoms. The third-order valence-corrected chi connectivity index (χ3v) is 12.4. The van der Waals surface area contributed by atoms with Gasteiger partial charge in [0.1, 0.15) is 42.2 Å². The lowest BCUT2D eigenvalue weighted by Crippen LogP contribution is -2.34. The van der Waals surface area contributed by atoms with Gasteiger partial charge in [0, 0.05) is 71.7 Å². The summed E-state index contributed by atoms with van der Waals surface area (Å²) in [7, 11) is 0. The molecule has 1 fully saturated rings. The summed E-state index contributed by atoms with van der Waals surface area (Å²) in [6.07, 6.45) is 8.80. The van der Waals surface area contributed by atoms with Gasteiger partial charge in [-0.1, -0.05) is 95.1 Å². The van der Waals surface area contributed by atoms with E-state index in [1.54, 1.807) is 0 Å². The lowest BCUT2D eigenvalue weighted by molar-refractivity contribution is -0.195. The molecule has 2 aliphatic heterocycles. The number of benzene rings is 3. The van der Waals surface area contributed by atoms with Crippen molar-refractivity contribution in [2.24, 2.45) is 5.73 Å². The number of hydrogen-bond donors (Lipinski definition) is 9. The molecular weight excluding hydrogens is 1210 g/mol. The molecule has 2 aliphatic rings. The number of Topliss-reactive ketones (excluding diaryl/α,β-unsaturated/α-hetero) is 1. The van der Waals surface area contributed by atoms with Crippen molar-refractivity contribution in [1.29, 1.82) is 0 Å². The van der Waals surface area contributed by atoms with E-state index in [0.29, 0.717) is 113 Å². The van der Waals surface area contributed by atoms with Crippen molar-refractivity contribution < 1.29 is 57.4 Å². The molecule has 6 aromatic heterocycles. The van der Waals surface area contributed by atoms with Crippen molar-refractivity contribution in [3.8, 4) is 17.6 Å². The van der Waals surface area contributed by atoms with Crippen molar-refractivity contribution in [2.75, 3.05) is 23.0 Å². The molecule has 6 amide bonds. The highest BCUT2D eigenvalue weighted by Gasteiger charge is 2.32. The number of aromatic amines is 3. The number of nitrogens with two attached hydrogens (primary N) is 4. The number of aromatic nitrogens is 12. The van der Waals surface area contributed by atoms with Crippen molar-refractivity contribution in [2.45, 2.75) is 108 Å². The number of ether oxygens (including phenoxy) is 3. The molecule has 3 aromatic carbocycles. The summed E-state index contributed by atoms with van der Waals surface area (Å²) in [6.45, 7) is 5.91. The summed E-state index contributed by atoms with van der Waals surface area (Å²) in [6, 6.07) is 23.6. The average Bonchev–Trinajstić information content (AvgIpc) is 1.66. The number of ketones is 1. The molecule has 8 heterocycles. The molecule has 11 rings (SSSR count). The Bertz CT molecular complexity index is 3970. The van der Waals surface area contributed by atoms with Crippen LogP contribution in [0.15, 0.2) is 104 Å². The number of hydrogen-bond acceptors (Lipinski definition) is 26. The van der Waals surface area contributed by atoms with Crippen LogP contribution in [-0.4, -0.2) is 123 Å². The van der Waals surface area contributed by atoms with E-state index in [0.717, 1.165) is 58.9 Å². The first-order valence-corrected chi connectivity index (χ1v) is 27.6. The zero-order valence-corrected chi connectivity index (χ0v) is 49.1. The number of anilines is 3. The number of carbonyl (C=O) groups excluding carboxylic acids is 8. The Kier molecular flexibility index (Phi) is 28.4. The summed E-state index contributed by atoms with van der Waals surface area (Å²) in [5.41, 5.74) is 32.0. The van der Waals surface area contributed by atoms with Crippen LogP contribution in [-0.2, 0) is 82.5 Å². The maximum atomic E-state index is 11.6. The van der Waals surface area contributed by atoms with E-state index < -0.39 is 35.5 Å². The number of imidazole rings is 3. The van der Waals surface area contributed by atoms with Gasteiger partial charge in [-0.15, -0.1) is 5.06 Å². The third-order valence-electron chi connectivity index (χ3n) is 12.2. The number of carbonyl (C=O) groups is 8. The first-order chi connectivity index (χ1) is 42.8. The molecule has 31 nitrogen and oxygen atoms in total. The predicted octanol–water partition coefficient (Wildman–Crippen LogP) is 5.44. The molecule has 12 N–H and O–H groups in total. The zero-order valence-electron chi connectivity index (χ0n) is 48.2. The first kappa shape index (κ1) is 73.2. The van der Waals surface area contributed by atoms with Crippen LogP contribution in [0.5, 0.6) is 17.6 Å². The fourth-order valence-electron chi connectivity index (χ4n) is 7.82. The molecule has 0 radical (unpaired) electrons. The molecule has 0 spiro atoms. The lowest BCUT2D eigenvalue weighted by Gasteiger charge is -2.09. The molecule has 486 valence electrons. The van der Waals surface area contributed by atoms with Crippen molar-refractivity contribution in [3.05, 3.63) is 137 Å². The van der Waals surface area contributed by atoms with Crippen LogP contribution in [0, 0.1) is 0 Å². The number of hydroxylamine groups is 2. The Hall–Kier alpha value is -11.3. The Labute approximate surface area is 533 Å². The fourth-order valence-corrected chi connectivity index (χ4v) is 8.07. The quantitative estimate of drug-likeness (QED) is 0.0381. The number of thiol groups is 1. The highest BCUT2D eigenvalue weighted by Crippen LogP contribution is 2.24. The van der Waals surface area contributed by atoms with E-state index in [4.69, 9.17) is 37.1 Å². The molecule has 0 bridgehead atoms. The fraction of sp³-hybridized carbons (Fsp3) is 0.283. The monoisotopic (exact) mass is 1280 g/mol.